The highest BCUT2D eigenvalue weighted by atomic mass is 79.9. The average molecular weight is 555 g/mol. The minimum absolute atomic E-state index is 0.133. The molecule has 182 valence electrons. The molecule has 7 nitrogen and oxygen atoms in total. The van der Waals surface area contributed by atoms with Crippen LogP contribution in [-0.4, -0.2) is 30.5 Å². The number of nitrogens with one attached hydrogen (secondary N) is 1. The van der Waals surface area contributed by atoms with Crippen LogP contribution in [0.3, 0.4) is 0 Å². The number of benzene rings is 3. The van der Waals surface area contributed by atoms with Crippen LogP contribution in [0.5, 0.6) is 11.5 Å². The van der Waals surface area contributed by atoms with Gasteiger partial charge in [-0.05, 0) is 46.1 Å². The van der Waals surface area contributed by atoms with Crippen molar-refractivity contribution < 1.29 is 14.3 Å². The molecule has 0 bridgehead atoms. The zero-order valence-corrected chi connectivity index (χ0v) is 21.7. The number of carbonyl (C=O) groups is 1. The Labute approximate surface area is 217 Å². The molecule has 3 N–H and O–H groups in total. The van der Waals surface area contributed by atoms with Crippen molar-refractivity contribution in [3.8, 4) is 11.5 Å². The van der Waals surface area contributed by atoms with Crippen molar-refractivity contribution in [3.63, 3.8) is 0 Å². The zero-order chi connectivity index (χ0) is 24.9. The number of nitrogens with zero attached hydrogens (tertiary/aromatic N) is 2. The van der Waals surface area contributed by atoms with Gasteiger partial charge in [-0.15, -0.1) is 5.10 Å². The molecule has 0 saturated carbocycles. The first-order chi connectivity index (χ1) is 17.0. The number of thioether (sulfide) groups is 1. The van der Waals surface area contributed by atoms with E-state index >= 15 is 0 Å². The van der Waals surface area contributed by atoms with Crippen molar-refractivity contribution in [3.05, 3.63) is 94.0 Å². The van der Waals surface area contributed by atoms with Crippen molar-refractivity contribution in [2.45, 2.75) is 19.2 Å². The Morgan fingerprint density at radius 1 is 1.03 bits per heavy atom. The molecular formula is C26H27BrN4O3S. The quantitative estimate of drug-likeness (QED) is 0.194. The Morgan fingerprint density at radius 3 is 2.37 bits per heavy atom. The SMILES string of the molecule is CCOc1cc(C=NN=C(N)SCc2ccccc2)c(Br)cc1OCC(=O)NCc1ccccc1. The highest BCUT2D eigenvalue weighted by molar-refractivity contribution is 9.10. The third-order valence-electron chi connectivity index (χ3n) is 4.64. The van der Waals surface area contributed by atoms with E-state index in [0.29, 0.717) is 29.8 Å². The maximum atomic E-state index is 12.2. The zero-order valence-electron chi connectivity index (χ0n) is 19.3. The van der Waals surface area contributed by atoms with Gasteiger partial charge in [0.05, 0.1) is 12.8 Å². The Balaban J connectivity index is 1.58. The van der Waals surface area contributed by atoms with Gasteiger partial charge in [0, 0.05) is 22.3 Å². The molecule has 0 aliphatic rings. The number of carbonyl (C=O) groups excluding carboxylic acids is 1. The lowest BCUT2D eigenvalue weighted by atomic mass is 10.2. The molecule has 35 heavy (non-hydrogen) atoms. The predicted molar refractivity (Wildman–Crippen MR) is 146 cm³/mol. The molecule has 0 aromatic heterocycles. The van der Waals surface area contributed by atoms with Gasteiger partial charge in [-0.3, -0.25) is 4.79 Å². The number of rotatable bonds is 11. The van der Waals surface area contributed by atoms with Crippen LogP contribution in [0.25, 0.3) is 0 Å². The molecule has 0 aliphatic heterocycles. The third-order valence-corrected chi connectivity index (χ3v) is 6.18. The molecule has 0 heterocycles. The van der Waals surface area contributed by atoms with Gasteiger partial charge in [0.25, 0.3) is 5.91 Å². The first kappa shape index (κ1) is 26.3. The first-order valence-corrected chi connectivity index (χ1v) is 12.8. The lowest BCUT2D eigenvalue weighted by Crippen LogP contribution is -2.28. The van der Waals surface area contributed by atoms with Crippen LogP contribution in [0.15, 0.2) is 87.5 Å². The first-order valence-electron chi connectivity index (χ1n) is 11.0. The van der Waals surface area contributed by atoms with Crippen molar-refractivity contribution in [2.24, 2.45) is 15.9 Å². The van der Waals surface area contributed by atoms with Gasteiger partial charge in [0.2, 0.25) is 0 Å². The number of amidine groups is 1. The normalized spacial score (nSPS) is 11.4. The van der Waals surface area contributed by atoms with E-state index in [4.69, 9.17) is 15.2 Å². The average Bonchev–Trinajstić information content (AvgIpc) is 2.88. The number of halogens is 1. The highest BCUT2D eigenvalue weighted by Crippen LogP contribution is 2.33. The molecule has 3 rings (SSSR count). The van der Waals surface area contributed by atoms with Gasteiger partial charge < -0.3 is 20.5 Å². The number of nitrogens with two attached hydrogens (primary N) is 1. The Hall–Kier alpha value is -3.30. The molecule has 0 aliphatic carbocycles. The molecule has 3 aromatic carbocycles. The summed E-state index contributed by atoms with van der Waals surface area (Å²) in [6.07, 6.45) is 1.58. The summed E-state index contributed by atoms with van der Waals surface area (Å²) in [5.74, 6) is 1.45. The van der Waals surface area contributed by atoms with Gasteiger partial charge in [0.1, 0.15) is 0 Å². The van der Waals surface area contributed by atoms with E-state index < -0.39 is 0 Å². The molecule has 0 atom stereocenters. The third kappa shape index (κ3) is 9.11. The lowest BCUT2D eigenvalue weighted by molar-refractivity contribution is -0.123. The summed E-state index contributed by atoms with van der Waals surface area (Å²) in [4.78, 5) is 12.2. The van der Waals surface area contributed by atoms with Crippen molar-refractivity contribution in [1.82, 2.24) is 5.32 Å². The standard InChI is InChI=1S/C26H27BrN4O3S/c1-2-33-23-13-21(16-30-31-26(28)35-18-20-11-7-4-8-12-20)22(27)14-24(23)34-17-25(32)29-15-19-9-5-3-6-10-19/h3-14,16H,2,15,17-18H2,1H3,(H2,28,31)(H,29,32). The van der Waals surface area contributed by atoms with Crippen LogP contribution in [0.2, 0.25) is 0 Å². The molecule has 3 aromatic rings. The largest absolute Gasteiger partial charge is 0.490 e. The van der Waals surface area contributed by atoms with Gasteiger partial charge in [-0.25, -0.2) is 0 Å². The summed E-state index contributed by atoms with van der Waals surface area (Å²) in [6.45, 7) is 2.62. The summed E-state index contributed by atoms with van der Waals surface area (Å²) in [5.41, 5.74) is 8.87. The Bertz CT molecular complexity index is 1160. The van der Waals surface area contributed by atoms with Crippen molar-refractivity contribution in [1.29, 1.82) is 0 Å². The molecule has 1 amide bonds. The molecule has 0 saturated heterocycles. The molecule has 0 radical (unpaired) electrons. The Kier molecular flexibility index (Phi) is 10.7. The number of amides is 1. The highest BCUT2D eigenvalue weighted by Gasteiger charge is 2.12. The molecular weight excluding hydrogens is 528 g/mol. The molecule has 0 spiro atoms. The summed E-state index contributed by atoms with van der Waals surface area (Å²) < 4.78 is 12.2. The van der Waals surface area contributed by atoms with Gasteiger partial charge >= 0.3 is 0 Å². The second-order valence-electron chi connectivity index (χ2n) is 7.26. The summed E-state index contributed by atoms with van der Waals surface area (Å²) in [5, 5.41) is 11.4. The van der Waals surface area contributed by atoms with E-state index in [-0.39, 0.29) is 12.5 Å². The maximum absolute atomic E-state index is 12.2. The van der Waals surface area contributed by atoms with E-state index in [9.17, 15) is 4.79 Å². The van der Waals surface area contributed by atoms with Crippen LogP contribution in [0, 0.1) is 0 Å². The van der Waals surface area contributed by atoms with E-state index in [1.54, 1.807) is 18.3 Å². The van der Waals surface area contributed by atoms with Crippen LogP contribution >= 0.6 is 27.7 Å². The predicted octanol–water partition coefficient (Wildman–Crippen LogP) is 5.13. The van der Waals surface area contributed by atoms with Gasteiger partial charge in [-0.2, -0.15) is 5.10 Å². The van der Waals surface area contributed by atoms with Crippen LogP contribution in [-0.2, 0) is 17.1 Å². The van der Waals surface area contributed by atoms with E-state index in [1.807, 2.05) is 67.6 Å². The number of hydrogen-bond donors (Lipinski definition) is 2. The fourth-order valence-corrected chi connectivity index (χ4v) is 3.97. The van der Waals surface area contributed by atoms with Crippen LogP contribution in [0.1, 0.15) is 23.6 Å². The smallest absolute Gasteiger partial charge is 0.258 e. The van der Waals surface area contributed by atoms with Crippen LogP contribution in [0.4, 0.5) is 0 Å². The fraction of sp³-hybridized carbons (Fsp3) is 0.192. The topological polar surface area (TPSA) is 98.3 Å². The molecule has 0 unspecified atom stereocenters. The second-order valence-corrected chi connectivity index (χ2v) is 9.11. The minimum Gasteiger partial charge on any atom is -0.490 e. The van der Waals surface area contributed by atoms with Crippen molar-refractivity contribution >= 4 is 45.0 Å². The van der Waals surface area contributed by atoms with Crippen molar-refractivity contribution in [2.75, 3.05) is 13.2 Å². The van der Waals surface area contributed by atoms with E-state index in [2.05, 4.69) is 31.4 Å². The fourth-order valence-electron chi connectivity index (χ4n) is 2.93. The molecule has 9 heteroatoms. The summed E-state index contributed by atoms with van der Waals surface area (Å²) in [7, 11) is 0. The minimum atomic E-state index is -0.226. The van der Waals surface area contributed by atoms with E-state index in [1.165, 1.54) is 11.8 Å². The van der Waals surface area contributed by atoms with E-state index in [0.717, 1.165) is 26.9 Å². The number of hydrogen-bond acceptors (Lipinski definition) is 6. The maximum Gasteiger partial charge on any atom is 0.258 e. The molecule has 0 fully saturated rings. The van der Waals surface area contributed by atoms with Gasteiger partial charge in [-0.1, -0.05) is 72.4 Å². The van der Waals surface area contributed by atoms with Gasteiger partial charge in [0.15, 0.2) is 23.3 Å². The summed E-state index contributed by atoms with van der Waals surface area (Å²) >= 11 is 4.93. The lowest BCUT2D eigenvalue weighted by Gasteiger charge is -2.14. The second kappa shape index (κ2) is 14.2. The number of ether oxygens (including phenoxy) is 2. The Morgan fingerprint density at radius 2 is 1.69 bits per heavy atom. The summed E-state index contributed by atoms with van der Waals surface area (Å²) in [6, 6.07) is 23.2. The monoisotopic (exact) mass is 554 g/mol. The van der Waals surface area contributed by atoms with Crippen LogP contribution < -0.4 is 20.5 Å².